The minimum absolute atomic E-state index is 0.135. The van der Waals surface area contributed by atoms with Crippen LogP contribution in [0.1, 0.15) is 0 Å². The van der Waals surface area contributed by atoms with E-state index >= 15 is 0 Å². The molecule has 4 nitrogen and oxygen atoms in total. The van der Waals surface area contributed by atoms with E-state index in [0.29, 0.717) is 18.8 Å². The molecule has 1 aliphatic rings. The molecule has 0 aromatic heterocycles. The topological polar surface area (TPSA) is 49.4 Å². The second kappa shape index (κ2) is 5.03. The van der Waals surface area contributed by atoms with Crippen LogP contribution in [0.3, 0.4) is 0 Å². The first-order valence-corrected chi connectivity index (χ1v) is 6.02. The molecule has 0 atom stereocenters. The van der Waals surface area contributed by atoms with Gasteiger partial charge in [0.1, 0.15) is 0 Å². The summed E-state index contributed by atoms with van der Waals surface area (Å²) in [6.07, 6.45) is 0. The fourth-order valence-corrected chi connectivity index (χ4v) is 2.24. The molecule has 1 saturated heterocycles. The van der Waals surface area contributed by atoms with Crippen molar-refractivity contribution >= 4 is 23.7 Å². The van der Waals surface area contributed by atoms with Gasteiger partial charge in [-0.15, -0.1) is 11.8 Å². The van der Waals surface area contributed by atoms with E-state index in [1.807, 2.05) is 30.3 Å². The van der Waals surface area contributed by atoms with Gasteiger partial charge in [0.25, 0.3) is 0 Å². The van der Waals surface area contributed by atoms with Gasteiger partial charge in [-0.2, -0.15) is 0 Å². The zero-order valence-electron chi connectivity index (χ0n) is 8.68. The van der Waals surface area contributed by atoms with Gasteiger partial charge in [-0.05, 0) is 12.1 Å². The van der Waals surface area contributed by atoms with Crippen LogP contribution in [-0.4, -0.2) is 35.7 Å². The molecular formula is C11H12N2O2S. The Morgan fingerprint density at radius 3 is 2.75 bits per heavy atom. The Kier molecular flexibility index (Phi) is 3.46. The van der Waals surface area contributed by atoms with Crippen molar-refractivity contribution in [2.24, 2.45) is 0 Å². The minimum Gasteiger partial charge on any atom is -0.336 e. The van der Waals surface area contributed by atoms with E-state index in [-0.39, 0.29) is 11.9 Å². The number of carbonyl (C=O) groups excluding carboxylic acids is 2. The molecule has 1 N–H and O–H groups in total. The third kappa shape index (κ3) is 2.55. The molecule has 0 radical (unpaired) electrons. The van der Waals surface area contributed by atoms with Gasteiger partial charge in [0, 0.05) is 18.0 Å². The molecule has 1 fully saturated rings. The largest absolute Gasteiger partial charge is 0.336 e. The predicted octanol–water partition coefficient (Wildman–Crippen LogP) is 1.33. The lowest BCUT2D eigenvalue weighted by Gasteiger charge is -2.11. The lowest BCUT2D eigenvalue weighted by molar-refractivity contribution is -0.124. The Hall–Kier alpha value is -1.49. The predicted molar refractivity (Wildman–Crippen MR) is 62.3 cm³/mol. The zero-order valence-corrected chi connectivity index (χ0v) is 9.50. The molecule has 0 unspecified atom stereocenters. The second-order valence-electron chi connectivity index (χ2n) is 3.38. The maximum atomic E-state index is 11.7. The van der Waals surface area contributed by atoms with Gasteiger partial charge in [0.15, 0.2) is 0 Å². The standard InChI is InChI=1S/C11H12N2O2S/c14-10(13-7-6-12-11(13)15)8-16-9-4-2-1-3-5-9/h1-5H,6-8H2,(H,12,15). The fraction of sp³-hybridized carbons (Fsp3) is 0.273. The number of carbonyl (C=O) groups is 2. The molecule has 3 amide bonds. The maximum Gasteiger partial charge on any atom is 0.324 e. The smallest absolute Gasteiger partial charge is 0.324 e. The Morgan fingerprint density at radius 1 is 1.38 bits per heavy atom. The number of urea groups is 1. The quantitative estimate of drug-likeness (QED) is 0.805. The Morgan fingerprint density at radius 2 is 2.12 bits per heavy atom. The summed E-state index contributed by atoms with van der Waals surface area (Å²) < 4.78 is 0. The fourth-order valence-electron chi connectivity index (χ4n) is 1.45. The van der Waals surface area contributed by atoms with Gasteiger partial charge in [-0.1, -0.05) is 18.2 Å². The Balaban J connectivity index is 1.86. The SMILES string of the molecule is O=C(CSc1ccccc1)N1CCNC1=O. The first kappa shape index (κ1) is 11.0. The van der Waals surface area contributed by atoms with E-state index in [1.165, 1.54) is 16.7 Å². The van der Waals surface area contributed by atoms with Crippen molar-refractivity contribution in [1.29, 1.82) is 0 Å². The van der Waals surface area contributed by atoms with E-state index in [2.05, 4.69) is 5.32 Å². The van der Waals surface area contributed by atoms with Crippen LogP contribution >= 0.6 is 11.8 Å². The molecule has 1 aliphatic heterocycles. The van der Waals surface area contributed by atoms with Crippen molar-refractivity contribution in [2.45, 2.75) is 4.90 Å². The average molecular weight is 236 g/mol. The van der Waals surface area contributed by atoms with E-state index in [1.54, 1.807) is 0 Å². The number of nitrogens with one attached hydrogen (secondary N) is 1. The second-order valence-corrected chi connectivity index (χ2v) is 4.43. The van der Waals surface area contributed by atoms with Crippen molar-refractivity contribution < 1.29 is 9.59 Å². The normalized spacial score (nSPS) is 15.0. The van der Waals surface area contributed by atoms with E-state index in [9.17, 15) is 9.59 Å². The molecule has 84 valence electrons. The Bertz CT molecular complexity index is 394. The highest BCUT2D eigenvalue weighted by atomic mass is 32.2. The summed E-state index contributed by atoms with van der Waals surface area (Å²) in [4.78, 5) is 25.2. The minimum atomic E-state index is -0.279. The molecule has 0 spiro atoms. The molecule has 1 aromatic carbocycles. The highest BCUT2D eigenvalue weighted by Crippen LogP contribution is 2.17. The average Bonchev–Trinajstić information content (AvgIpc) is 2.74. The molecular weight excluding hydrogens is 224 g/mol. The van der Waals surface area contributed by atoms with Crippen LogP contribution in [0, 0.1) is 0 Å². The summed E-state index contributed by atoms with van der Waals surface area (Å²) in [5, 5.41) is 2.61. The highest BCUT2D eigenvalue weighted by Gasteiger charge is 2.25. The van der Waals surface area contributed by atoms with Gasteiger partial charge in [-0.3, -0.25) is 9.69 Å². The monoisotopic (exact) mass is 236 g/mol. The van der Waals surface area contributed by atoms with Crippen LogP contribution in [0.4, 0.5) is 4.79 Å². The van der Waals surface area contributed by atoms with Crippen molar-refractivity contribution in [3.63, 3.8) is 0 Å². The van der Waals surface area contributed by atoms with E-state index in [0.717, 1.165) is 4.90 Å². The first-order chi connectivity index (χ1) is 7.77. The molecule has 0 bridgehead atoms. The van der Waals surface area contributed by atoms with E-state index < -0.39 is 0 Å². The number of amides is 3. The van der Waals surface area contributed by atoms with E-state index in [4.69, 9.17) is 0 Å². The molecule has 0 aliphatic carbocycles. The Labute approximate surface area is 98.0 Å². The van der Waals surface area contributed by atoms with Gasteiger partial charge in [0.2, 0.25) is 5.91 Å². The highest BCUT2D eigenvalue weighted by molar-refractivity contribution is 8.00. The number of benzene rings is 1. The number of rotatable bonds is 3. The third-order valence-electron chi connectivity index (χ3n) is 2.26. The van der Waals surface area contributed by atoms with Crippen LogP contribution in [0.15, 0.2) is 35.2 Å². The summed E-state index contributed by atoms with van der Waals surface area (Å²) in [6, 6.07) is 9.40. The van der Waals surface area contributed by atoms with Crippen molar-refractivity contribution in [2.75, 3.05) is 18.8 Å². The summed E-state index contributed by atoms with van der Waals surface area (Å²) in [7, 11) is 0. The summed E-state index contributed by atoms with van der Waals surface area (Å²) in [5.74, 6) is 0.168. The molecule has 16 heavy (non-hydrogen) atoms. The zero-order chi connectivity index (χ0) is 11.4. The van der Waals surface area contributed by atoms with Crippen molar-refractivity contribution in [1.82, 2.24) is 10.2 Å². The number of hydrogen-bond acceptors (Lipinski definition) is 3. The van der Waals surface area contributed by atoms with Crippen molar-refractivity contribution in [3.05, 3.63) is 30.3 Å². The van der Waals surface area contributed by atoms with Crippen LogP contribution < -0.4 is 5.32 Å². The third-order valence-corrected chi connectivity index (χ3v) is 3.26. The van der Waals surface area contributed by atoms with Gasteiger partial charge < -0.3 is 5.32 Å². The van der Waals surface area contributed by atoms with Crippen LogP contribution in [0.25, 0.3) is 0 Å². The van der Waals surface area contributed by atoms with Crippen LogP contribution in [0.2, 0.25) is 0 Å². The van der Waals surface area contributed by atoms with Gasteiger partial charge in [-0.25, -0.2) is 4.79 Å². The summed E-state index contributed by atoms with van der Waals surface area (Å²) in [5.41, 5.74) is 0. The summed E-state index contributed by atoms with van der Waals surface area (Å²) >= 11 is 1.45. The van der Waals surface area contributed by atoms with Crippen LogP contribution in [-0.2, 0) is 4.79 Å². The van der Waals surface area contributed by atoms with Gasteiger partial charge in [0.05, 0.1) is 5.75 Å². The lowest BCUT2D eigenvalue weighted by Crippen LogP contribution is -2.35. The number of hydrogen-bond donors (Lipinski definition) is 1. The molecule has 1 aromatic rings. The maximum absolute atomic E-state index is 11.7. The molecule has 1 heterocycles. The first-order valence-electron chi connectivity index (χ1n) is 5.03. The molecule has 5 heteroatoms. The molecule has 0 saturated carbocycles. The van der Waals surface area contributed by atoms with Crippen LogP contribution in [0.5, 0.6) is 0 Å². The summed E-state index contributed by atoms with van der Waals surface area (Å²) in [6.45, 7) is 1.04. The number of imide groups is 1. The number of nitrogens with zero attached hydrogens (tertiary/aromatic N) is 1. The molecule has 2 rings (SSSR count). The number of thioether (sulfide) groups is 1. The van der Waals surface area contributed by atoms with Gasteiger partial charge >= 0.3 is 6.03 Å². The lowest BCUT2D eigenvalue weighted by atomic mass is 10.4. The van der Waals surface area contributed by atoms with Crippen molar-refractivity contribution in [3.8, 4) is 0 Å².